The van der Waals surface area contributed by atoms with Gasteiger partial charge in [0, 0.05) is 18.3 Å². The van der Waals surface area contributed by atoms with Gasteiger partial charge in [-0.15, -0.1) is 0 Å². The van der Waals surface area contributed by atoms with E-state index in [9.17, 15) is 4.79 Å². The lowest BCUT2D eigenvalue weighted by atomic mass is 10.3. The van der Waals surface area contributed by atoms with Crippen LogP contribution in [0.5, 0.6) is 5.75 Å². The van der Waals surface area contributed by atoms with Gasteiger partial charge < -0.3 is 20.2 Å². The lowest BCUT2D eigenvalue weighted by Gasteiger charge is -2.07. The Bertz CT molecular complexity index is 566. The van der Waals surface area contributed by atoms with Crippen molar-refractivity contribution in [3.63, 3.8) is 0 Å². The molecule has 6 heteroatoms. The number of nitrogens with two attached hydrogens (primary N) is 1. The van der Waals surface area contributed by atoms with E-state index in [0.29, 0.717) is 30.3 Å². The Kier molecular flexibility index (Phi) is 4.15. The van der Waals surface area contributed by atoms with Crippen LogP contribution < -0.4 is 15.8 Å². The summed E-state index contributed by atoms with van der Waals surface area (Å²) in [5.74, 6) is 0.511. The zero-order chi connectivity index (χ0) is 13.7. The van der Waals surface area contributed by atoms with Crippen molar-refractivity contribution in [3.05, 3.63) is 42.1 Å². The number of hydrogen-bond donors (Lipinski definition) is 2. The molecule has 2 rings (SSSR count). The van der Waals surface area contributed by atoms with Crippen LogP contribution >= 0.6 is 0 Å². The molecule has 1 heterocycles. The maximum absolute atomic E-state index is 11.9. The van der Waals surface area contributed by atoms with Crippen molar-refractivity contribution < 1.29 is 13.9 Å². The van der Waals surface area contributed by atoms with Crippen LogP contribution in [0.2, 0.25) is 0 Å². The highest BCUT2D eigenvalue weighted by atomic mass is 16.5. The second-order valence-corrected chi connectivity index (χ2v) is 3.89. The summed E-state index contributed by atoms with van der Waals surface area (Å²) >= 11 is 0. The fourth-order valence-corrected chi connectivity index (χ4v) is 1.55. The maximum Gasteiger partial charge on any atom is 0.293 e. The van der Waals surface area contributed by atoms with Crippen LogP contribution in [-0.2, 0) is 0 Å². The molecule has 100 valence electrons. The van der Waals surface area contributed by atoms with Crippen molar-refractivity contribution in [2.45, 2.75) is 6.92 Å². The van der Waals surface area contributed by atoms with Gasteiger partial charge in [0.15, 0.2) is 6.39 Å². The van der Waals surface area contributed by atoms with E-state index < -0.39 is 0 Å². The van der Waals surface area contributed by atoms with Gasteiger partial charge in [-0.2, -0.15) is 0 Å². The molecule has 1 aromatic carbocycles. The van der Waals surface area contributed by atoms with Crippen molar-refractivity contribution in [1.82, 2.24) is 4.98 Å². The molecule has 3 N–H and O–H groups in total. The fraction of sp³-hybridized carbons (Fsp3) is 0.231. The number of aromatic nitrogens is 1. The monoisotopic (exact) mass is 261 g/mol. The maximum atomic E-state index is 11.9. The molecule has 0 aliphatic heterocycles. The Labute approximate surface area is 110 Å². The number of oxazole rings is 1. The van der Waals surface area contributed by atoms with Gasteiger partial charge in [-0.05, 0) is 19.1 Å². The summed E-state index contributed by atoms with van der Waals surface area (Å²) in [6, 6.07) is 7.07. The number of anilines is 1. The highest BCUT2D eigenvalue weighted by Crippen LogP contribution is 2.18. The first-order chi connectivity index (χ1) is 9.20. The molecule has 2 aromatic rings. The molecule has 0 saturated heterocycles. The van der Waals surface area contributed by atoms with E-state index in [1.165, 1.54) is 6.39 Å². The molecule has 0 aliphatic rings. The van der Waals surface area contributed by atoms with Crippen LogP contribution in [0.25, 0.3) is 0 Å². The molecule has 0 saturated carbocycles. The van der Waals surface area contributed by atoms with Crippen LogP contribution in [0.1, 0.15) is 16.2 Å². The highest BCUT2D eigenvalue weighted by molar-refractivity contribution is 6.02. The Hall–Kier alpha value is -2.34. The molecule has 19 heavy (non-hydrogen) atoms. The Morgan fingerprint density at radius 2 is 2.37 bits per heavy atom. The van der Waals surface area contributed by atoms with Crippen LogP contribution in [0.4, 0.5) is 5.69 Å². The second-order valence-electron chi connectivity index (χ2n) is 3.89. The van der Waals surface area contributed by atoms with Gasteiger partial charge >= 0.3 is 0 Å². The Balaban J connectivity index is 2.07. The van der Waals surface area contributed by atoms with E-state index in [-0.39, 0.29) is 11.7 Å². The predicted molar refractivity (Wildman–Crippen MR) is 70.2 cm³/mol. The molecule has 1 aromatic heterocycles. The van der Waals surface area contributed by atoms with E-state index in [0.717, 1.165) is 0 Å². The largest absolute Gasteiger partial charge is 0.492 e. The Morgan fingerprint density at radius 3 is 3.05 bits per heavy atom. The number of benzene rings is 1. The lowest BCUT2D eigenvalue weighted by Crippen LogP contribution is -2.13. The molecule has 0 atom stereocenters. The average molecular weight is 261 g/mol. The van der Waals surface area contributed by atoms with Crippen LogP contribution in [-0.4, -0.2) is 24.0 Å². The molecule has 0 bridgehead atoms. The van der Waals surface area contributed by atoms with Crippen LogP contribution in [0.15, 0.2) is 35.1 Å². The zero-order valence-electron chi connectivity index (χ0n) is 10.6. The van der Waals surface area contributed by atoms with Gasteiger partial charge in [0.2, 0.25) is 5.76 Å². The van der Waals surface area contributed by atoms with E-state index in [1.54, 1.807) is 31.2 Å². The SMILES string of the molecule is Cc1ncoc1C(=O)Nc1cccc(OCCN)c1. The number of nitrogens with zero attached hydrogens (tertiary/aromatic N) is 1. The third-order valence-electron chi connectivity index (χ3n) is 2.43. The first-order valence-corrected chi connectivity index (χ1v) is 5.85. The smallest absolute Gasteiger partial charge is 0.293 e. The molecule has 0 aliphatic carbocycles. The van der Waals surface area contributed by atoms with Gasteiger partial charge in [0.25, 0.3) is 5.91 Å². The van der Waals surface area contributed by atoms with Crippen LogP contribution in [0, 0.1) is 6.92 Å². The van der Waals surface area contributed by atoms with Gasteiger partial charge in [-0.25, -0.2) is 4.98 Å². The normalized spacial score (nSPS) is 10.2. The summed E-state index contributed by atoms with van der Waals surface area (Å²) in [5.41, 5.74) is 6.53. The molecular weight excluding hydrogens is 246 g/mol. The Morgan fingerprint density at radius 1 is 1.53 bits per heavy atom. The topological polar surface area (TPSA) is 90.4 Å². The minimum Gasteiger partial charge on any atom is -0.492 e. The third kappa shape index (κ3) is 3.32. The van der Waals surface area contributed by atoms with E-state index >= 15 is 0 Å². The standard InChI is InChI=1S/C13H15N3O3/c1-9-12(19-8-15-9)13(17)16-10-3-2-4-11(7-10)18-6-5-14/h2-4,7-8H,5-6,14H2,1H3,(H,16,17). The number of amides is 1. The second kappa shape index (κ2) is 6.01. The minimum atomic E-state index is -0.342. The number of rotatable bonds is 5. The molecular formula is C13H15N3O3. The van der Waals surface area contributed by atoms with Crippen molar-refractivity contribution >= 4 is 11.6 Å². The van der Waals surface area contributed by atoms with E-state index in [2.05, 4.69) is 10.3 Å². The molecule has 0 spiro atoms. The van der Waals surface area contributed by atoms with Gasteiger partial charge in [-0.3, -0.25) is 4.79 Å². The lowest BCUT2D eigenvalue weighted by molar-refractivity contribution is 0.0996. The summed E-state index contributed by atoms with van der Waals surface area (Å²) < 4.78 is 10.4. The number of nitrogens with one attached hydrogen (secondary N) is 1. The number of carbonyl (C=O) groups excluding carboxylic acids is 1. The fourth-order valence-electron chi connectivity index (χ4n) is 1.55. The van der Waals surface area contributed by atoms with Crippen LogP contribution in [0.3, 0.4) is 0 Å². The summed E-state index contributed by atoms with van der Waals surface area (Å²) in [4.78, 5) is 15.8. The first-order valence-electron chi connectivity index (χ1n) is 5.85. The average Bonchev–Trinajstić information content (AvgIpc) is 2.83. The highest BCUT2D eigenvalue weighted by Gasteiger charge is 2.14. The number of ether oxygens (including phenoxy) is 1. The van der Waals surface area contributed by atoms with E-state index in [4.69, 9.17) is 14.9 Å². The molecule has 0 radical (unpaired) electrons. The molecule has 0 fully saturated rings. The summed E-state index contributed by atoms with van der Waals surface area (Å²) in [7, 11) is 0. The van der Waals surface area contributed by atoms with Crippen molar-refractivity contribution in [3.8, 4) is 5.75 Å². The summed E-state index contributed by atoms with van der Waals surface area (Å²) in [5, 5.41) is 2.72. The van der Waals surface area contributed by atoms with E-state index in [1.807, 2.05) is 0 Å². The minimum absolute atomic E-state index is 0.202. The predicted octanol–water partition coefficient (Wildman–Crippen LogP) is 1.57. The quantitative estimate of drug-likeness (QED) is 0.852. The zero-order valence-corrected chi connectivity index (χ0v) is 10.6. The van der Waals surface area contributed by atoms with Gasteiger partial charge in [0.05, 0.1) is 5.69 Å². The molecule has 1 amide bonds. The summed E-state index contributed by atoms with van der Waals surface area (Å²) in [6.07, 6.45) is 1.24. The van der Waals surface area contributed by atoms with Crippen molar-refractivity contribution in [1.29, 1.82) is 0 Å². The number of aryl methyl sites for hydroxylation is 1. The molecule has 6 nitrogen and oxygen atoms in total. The van der Waals surface area contributed by atoms with Gasteiger partial charge in [-0.1, -0.05) is 6.07 Å². The summed E-state index contributed by atoms with van der Waals surface area (Å²) in [6.45, 7) is 2.58. The van der Waals surface area contributed by atoms with Crippen molar-refractivity contribution in [2.24, 2.45) is 5.73 Å². The number of carbonyl (C=O) groups is 1. The molecule has 0 unspecified atom stereocenters. The first kappa shape index (κ1) is 13.1. The number of hydrogen-bond acceptors (Lipinski definition) is 5. The van der Waals surface area contributed by atoms with Crippen molar-refractivity contribution in [2.75, 3.05) is 18.5 Å². The third-order valence-corrected chi connectivity index (χ3v) is 2.43. The van der Waals surface area contributed by atoms with Gasteiger partial charge in [0.1, 0.15) is 12.4 Å².